The summed E-state index contributed by atoms with van der Waals surface area (Å²) in [6.07, 6.45) is 0.836. The number of nitrogens with one attached hydrogen (secondary N) is 2. The van der Waals surface area contributed by atoms with Crippen LogP contribution in [0.1, 0.15) is 23.1 Å². The zero-order chi connectivity index (χ0) is 16.2. The molecule has 0 radical (unpaired) electrons. The van der Waals surface area contributed by atoms with Crippen LogP contribution in [0.2, 0.25) is 0 Å². The number of benzene rings is 1. The summed E-state index contributed by atoms with van der Waals surface area (Å²) in [7, 11) is -3.42. The van der Waals surface area contributed by atoms with E-state index >= 15 is 0 Å². The largest absolute Gasteiger partial charge is 0.314 e. The Hall–Kier alpha value is -0.370. The van der Waals surface area contributed by atoms with Crippen LogP contribution in [0.4, 0.5) is 0 Å². The molecule has 1 fully saturated rings. The first-order chi connectivity index (χ1) is 10.4. The maximum absolute atomic E-state index is 12.5. The SMILES string of the molecule is Cc1cc(C)c(S(=O)(=O)NCCCN2CCNCC2)c(C)c1.Cl.Cl. The molecule has 2 rings (SSSR count). The normalized spacial score (nSPS) is 15.5. The minimum Gasteiger partial charge on any atom is -0.314 e. The predicted octanol–water partition coefficient (Wildman–Crippen LogP) is 2.03. The summed E-state index contributed by atoms with van der Waals surface area (Å²) in [5.41, 5.74) is 2.71. The van der Waals surface area contributed by atoms with E-state index in [4.69, 9.17) is 0 Å². The van der Waals surface area contributed by atoms with Gasteiger partial charge in [-0.3, -0.25) is 0 Å². The zero-order valence-electron chi connectivity index (χ0n) is 14.6. The second-order valence-electron chi connectivity index (χ2n) is 6.07. The van der Waals surface area contributed by atoms with E-state index in [1.807, 2.05) is 32.9 Å². The number of aryl methyl sites for hydroxylation is 3. The van der Waals surface area contributed by atoms with Crippen molar-refractivity contribution in [3.63, 3.8) is 0 Å². The molecule has 24 heavy (non-hydrogen) atoms. The topological polar surface area (TPSA) is 61.4 Å². The van der Waals surface area contributed by atoms with E-state index in [0.717, 1.165) is 55.8 Å². The van der Waals surface area contributed by atoms with Crippen molar-refractivity contribution in [2.75, 3.05) is 39.3 Å². The van der Waals surface area contributed by atoms with Gasteiger partial charge in [-0.2, -0.15) is 0 Å². The van der Waals surface area contributed by atoms with Gasteiger partial charge in [0.2, 0.25) is 10.0 Å². The standard InChI is InChI=1S/C16H27N3O2S.2ClH/c1-13-11-14(2)16(15(3)12-13)22(20,21)18-5-4-8-19-9-6-17-7-10-19;;/h11-12,17-18H,4-10H2,1-3H3;2*1H. The van der Waals surface area contributed by atoms with Crippen LogP contribution in [-0.4, -0.2) is 52.6 Å². The Bertz CT molecular complexity index is 595. The summed E-state index contributed by atoms with van der Waals surface area (Å²) in [6.45, 7) is 11.3. The Kier molecular flexibility index (Phi) is 10.4. The molecule has 8 heteroatoms. The van der Waals surface area contributed by atoms with E-state index in [1.54, 1.807) is 0 Å². The van der Waals surface area contributed by atoms with Crippen molar-refractivity contribution in [3.8, 4) is 0 Å². The fourth-order valence-electron chi connectivity index (χ4n) is 3.11. The van der Waals surface area contributed by atoms with Gasteiger partial charge in [0, 0.05) is 32.7 Å². The van der Waals surface area contributed by atoms with Gasteiger partial charge in [-0.15, -0.1) is 24.8 Å². The van der Waals surface area contributed by atoms with E-state index in [2.05, 4.69) is 14.9 Å². The van der Waals surface area contributed by atoms with E-state index in [1.165, 1.54) is 0 Å². The Morgan fingerprint density at radius 3 is 2.17 bits per heavy atom. The molecule has 0 amide bonds. The molecule has 0 atom stereocenters. The van der Waals surface area contributed by atoms with Crippen LogP contribution in [0.5, 0.6) is 0 Å². The van der Waals surface area contributed by atoms with Crippen LogP contribution in [0.3, 0.4) is 0 Å². The lowest BCUT2D eigenvalue weighted by Crippen LogP contribution is -2.44. The quantitative estimate of drug-likeness (QED) is 0.720. The summed E-state index contributed by atoms with van der Waals surface area (Å²) < 4.78 is 27.7. The van der Waals surface area contributed by atoms with Gasteiger partial charge in [0.15, 0.2) is 0 Å². The van der Waals surface area contributed by atoms with Crippen molar-refractivity contribution in [1.29, 1.82) is 0 Å². The number of hydrogen-bond acceptors (Lipinski definition) is 4. The Morgan fingerprint density at radius 1 is 1.08 bits per heavy atom. The molecule has 5 nitrogen and oxygen atoms in total. The first kappa shape index (κ1) is 23.6. The van der Waals surface area contributed by atoms with Crippen LogP contribution in [0, 0.1) is 20.8 Å². The third kappa shape index (κ3) is 6.50. The van der Waals surface area contributed by atoms with Gasteiger partial charge in [-0.1, -0.05) is 17.7 Å². The van der Waals surface area contributed by atoms with Gasteiger partial charge in [0.25, 0.3) is 0 Å². The lowest BCUT2D eigenvalue weighted by Gasteiger charge is -2.27. The van der Waals surface area contributed by atoms with Gasteiger partial charge in [0.1, 0.15) is 0 Å². The highest BCUT2D eigenvalue weighted by Gasteiger charge is 2.19. The minimum absolute atomic E-state index is 0. The molecule has 0 spiro atoms. The summed E-state index contributed by atoms with van der Waals surface area (Å²) in [4.78, 5) is 2.80. The minimum atomic E-state index is -3.42. The number of hydrogen-bond donors (Lipinski definition) is 2. The molecule has 1 saturated heterocycles. The number of sulfonamides is 1. The average molecular weight is 398 g/mol. The highest BCUT2D eigenvalue weighted by molar-refractivity contribution is 7.89. The van der Waals surface area contributed by atoms with E-state index in [9.17, 15) is 8.42 Å². The molecule has 0 aromatic heterocycles. The van der Waals surface area contributed by atoms with Crippen LogP contribution in [0.25, 0.3) is 0 Å². The van der Waals surface area contributed by atoms with E-state index in [0.29, 0.717) is 11.4 Å². The molecular weight excluding hydrogens is 369 g/mol. The van der Waals surface area contributed by atoms with Crippen molar-refractivity contribution in [1.82, 2.24) is 14.9 Å². The lowest BCUT2D eigenvalue weighted by molar-refractivity contribution is 0.239. The molecule has 0 aliphatic carbocycles. The summed E-state index contributed by atoms with van der Waals surface area (Å²) >= 11 is 0. The van der Waals surface area contributed by atoms with Crippen molar-refractivity contribution < 1.29 is 8.42 Å². The number of nitrogens with zero attached hydrogens (tertiary/aromatic N) is 1. The van der Waals surface area contributed by atoms with Crippen LogP contribution < -0.4 is 10.0 Å². The number of halogens is 2. The molecule has 0 saturated carbocycles. The second kappa shape index (κ2) is 10.6. The fraction of sp³-hybridized carbons (Fsp3) is 0.625. The van der Waals surface area contributed by atoms with Gasteiger partial charge < -0.3 is 10.2 Å². The van der Waals surface area contributed by atoms with Gasteiger partial charge in [-0.25, -0.2) is 13.1 Å². The maximum atomic E-state index is 12.5. The number of piperazine rings is 1. The highest BCUT2D eigenvalue weighted by atomic mass is 35.5. The monoisotopic (exact) mass is 397 g/mol. The smallest absolute Gasteiger partial charge is 0.241 e. The Balaban J connectivity index is 0.00000264. The molecule has 1 aliphatic rings. The van der Waals surface area contributed by atoms with Crippen LogP contribution >= 0.6 is 24.8 Å². The third-order valence-electron chi connectivity index (χ3n) is 4.03. The molecule has 1 aromatic carbocycles. The first-order valence-corrected chi connectivity index (χ1v) is 9.39. The summed E-state index contributed by atoms with van der Waals surface area (Å²) in [5, 5.41) is 3.31. The molecule has 2 N–H and O–H groups in total. The van der Waals surface area contributed by atoms with Crippen molar-refractivity contribution >= 4 is 34.8 Å². The molecule has 1 aliphatic heterocycles. The number of rotatable bonds is 6. The summed E-state index contributed by atoms with van der Waals surface area (Å²) in [5.74, 6) is 0. The highest BCUT2D eigenvalue weighted by Crippen LogP contribution is 2.21. The first-order valence-electron chi connectivity index (χ1n) is 7.91. The third-order valence-corrected chi connectivity index (χ3v) is 5.79. The van der Waals surface area contributed by atoms with Crippen molar-refractivity contribution in [3.05, 3.63) is 28.8 Å². The van der Waals surface area contributed by atoms with Crippen LogP contribution in [-0.2, 0) is 10.0 Å². The maximum Gasteiger partial charge on any atom is 0.241 e. The van der Waals surface area contributed by atoms with Gasteiger partial charge in [-0.05, 0) is 44.9 Å². The lowest BCUT2D eigenvalue weighted by atomic mass is 10.1. The predicted molar refractivity (Wildman–Crippen MR) is 104 cm³/mol. The van der Waals surface area contributed by atoms with Gasteiger partial charge in [0.05, 0.1) is 4.90 Å². The van der Waals surface area contributed by atoms with Crippen LogP contribution in [0.15, 0.2) is 17.0 Å². The molecule has 1 aromatic rings. The molecule has 1 heterocycles. The molecular formula is C16H29Cl2N3O2S. The van der Waals surface area contributed by atoms with Crippen molar-refractivity contribution in [2.45, 2.75) is 32.1 Å². The fourth-order valence-corrected chi connectivity index (χ4v) is 4.63. The van der Waals surface area contributed by atoms with E-state index < -0.39 is 10.0 Å². The summed E-state index contributed by atoms with van der Waals surface area (Å²) in [6, 6.07) is 3.84. The molecule has 0 unspecified atom stereocenters. The Labute approximate surface area is 158 Å². The van der Waals surface area contributed by atoms with E-state index in [-0.39, 0.29) is 24.8 Å². The molecule has 0 bridgehead atoms. The molecule has 140 valence electrons. The van der Waals surface area contributed by atoms with Gasteiger partial charge >= 0.3 is 0 Å². The second-order valence-corrected chi connectivity index (χ2v) is 7.77. The Morgan fingerprint density at radius 2 is 1.62 bits per heavy atom. The van der Waals surface area contributed by atoms with Crippen molar-refractivity contribution in [2.24, 2.45) is 0 Å². The average Bonchev–Trinajstić information content (AvgIpc) is 2.43. The zero-order valence-corrected chi connectivity index (χ0v) is 17.0.